The van der Waals surface area contributed by atoms with Gasteiger partial charge in [-0.15, -0.1) is 0 Å². The van der Waals surface area contributed by atoms with Gasteiger partial charge in [-0.05, 0) is 39.8 Å². The molecule has 78 valence electrons. The van der Waals surface area contributed by atoms with Crippen molar-refractivity contribution in [2.45, 2.75) is 38.9 Å². The minimum Gasteiger partial charge on any atom is -0.384 e. The highest BCUT2D eigenvalue weighted by molar-refractivity contribution is 5.19. The zero-order valence-electron chi connectivity index (χ0n) is 9.07. The van der Waals surface area contributed by atoms with Crippen molar-refractivity contribution in [2.24, 2.45) is 0 Å². The molecule has 1 heterocycles. The summed E-state index contributed by atoms with van der Waals surface area (Å²) in [5, 5.41) is 19.5. The zero-order chi connectivity index (χ0) is 11.0. The molecule has 0 saturated heterocycles. The summed E-state index contributed by atoms with van der Waals surface area (Å²) in [4.78, 5) is 4.22. The second-order valence-corrected chi connectivity index (χ2v) is 4.53. The van der Waals surface area contributed by atoms with Gasteiger partial charge in [0.05, 0.1) is 11.4 Å². The van der Waals surface area contributed by atoms with Crippen LogP contribution in [-0.4, -0.2) is 15.2 Å². The Kier molecular flexibility index (Phi) is 2.65. The van der Waals surface area contributed by atoms with Crippen molar-refractivity contribution in [2.75, 3.05) is 0 Å². The molecule has 1 aromatic rings. The summed E-state index contributed by atoms with van der Waals surface area (Å²) >= 11 is 0. The third-order valence-corrected chi connectivity index (χ3v) is 2.00. The Morgan fingerprint density at radius 3 is 1.57 bits per heavy atom. The lowest BCUT2D eigenvalue weighted by Crippen LogP contribution is -2.23. The van der Waals surface area contributed by atoms with Crippen LogP contribution in [0.15, 0.2) is 18.2 Å². The molecule has 1 rings (SSSR count). The van der Waals surface area contributed by atoms with E-state index in [4.69, 9.17) is 0 Å². The molecule has 0 aliphatic heterocycles. The lowest BCUT2D eigenvalue weighted by atomic mass is 10.0. The molecule has 14 heavy (non-hydrogen) atoms. The van der Waals surface area contributed by atoms with Gasteiger partial charge in [0.25, 0.3) is 0 Å². The average Bonchev–Trinajstić information content (AvgIpc) is 2.01. The first-order chi connectivity index (χ1) is 6.21. The first-order valence-electron chi connectivity index (χ1n) is 4.64. The van der Waals surface area contributed by atoms with E-state index in [1.807, 2.05) is 0 Å². The van der Waals surface area contributed by atoms with Gasteiger partial charge in [-0.3, -0.25) is 4.98 Å². The molecule has 0 aliphatic carbocycles. The highest BCUT2D eigenvalue weighted by atomic mass is 16.3. The summed E-state index contributed by atoms with van der Waals surface area (Å²) in [6.07, 6.45) is 0. The fraction of sp³-hybridized carbons (Fsp3) is 0.545. The normalized spacial score (nSPS) is 13.0. The zero-order valence-corrected chi connectivity index (χ0v) is 9.07. The number of aliphatic hydroxyl groups is 2. The number of hydrogen-bond acceptors (Lipinski definition) is 3. The van der Waals surface area contributed by atoms with Crippen molar-refractivity contribution >= 4 is 0 Å². The molecule has 0 atom stereocenters. The Labute approximate surface area is 84.4 Å². The summed E-state index contributed by atoms with van der Waals surface area (Å²) < 4.78 is 0. The van der Waals surface area contributed by atoms with E-state index < -0.39 is 11.2 Å². The van der Waals surface area contributed by atoms with Crippen LogP contribution in [0, 0.1) is 0 Å². The number of rotatable bonds is 2. The highest BCUT2D eigenvalue weighted by Gasteiger charge is 2.22. The van der Waals surface area contributed by atoms with Crippen LogP contribution in [0.3, 0.4) is 0 Å². The number of pyridine rings is 1. The van der Waals surface area contributed by atoms with E-state index in [1.54, 1.807) is 45.9 Å². The lowest BCUT2D eigenvalue weighted by molar-refractivity contribution is 0.0625. The molecule has 3 heteroatoms. The third-order valence-electron chi connectivity index (χ3n) is 2.00. The van der Waals surface area contributed by atoms with Crippen LogP contribution in [0.5, 0.6) is 0 Å². The van der Waals surface area contributed by atoms with Gasteiger partial charge in [-0.1, -0.05) is 6.07 Å². The summed E-state index contributed by atoms with van der Waals surface area (Å²) in [6, 6.07) is 5.28. The predicted molar refractivity (Wildman–Crippen MR) is 54.7 cm³/mol. The van der Waals surface area contributed by atoms with Gasteiger partial charge in [0, 0.05) is 0 Å². The van der Waals surface area contributed by atoms with E-state index in [2.05, 4.69) is 4.98 Å². The maximum Gasteiger partial charge on any atom is 0.101 e. The Bertz CT molecular complexity index is 292. The van der Waals surface area contributed by atoms with Gasteiger partial charge < -0.3 is 10.2 Å². The lowest BCUT2D eigenvalue weighted by Gasteiger charge is -2.21. The second kappa shape index (κ2) is 3.33. The largest absolute Gasteiger partial charge is 0.384 e. The molecule has 0 aromatic carbocycles. The van der Waals surface area contributed by atoms with E-state index in [9.17, 15) is 10.2 Å². The molecule has 0 bridgehead atoms. The van der Waals surface area contributed by atoms with Crippen LogP contribution in [0.1, 0.15) is 39.1 Å². The summed E-state index contributed by atoms with van der Waals surface area (Å²) in [5.41, 5.74) is -0.808. The molecular weight excluding hydrogens is 178 g/mol. The van der Waals surface area contributed by atoms with Gasteiger partial charge >= 0.3 is 0 Å². The minimum absolute atomic E-state index is 0.567. The van der Waals surface area contributed by atoms with Crippen LogP contribution >= 0.6 is 0 Å². The summed E-state index contributed by atoms with van der Waals surface area (Å²) in [7, 11) is 0. The van der Waals surface area contributed by atoms with Gasteiger partial charge in [0.15, 0.2) is 0 Å². The van der Waals surface area contributed by atoms with Crippen molar-refractivity contribution in [1.29, 1.82) is 0 Å². The average molecular weight is 195 g/mol. The molecule has 0 fully saturated rings. The van der Waals surface area contributed by atoms with Gasteiger partial charge in [-0.2, -0.15) is 0 Å². The molecule has 2 N–H and O–H groups in total. The van der Waals surface area contributed by atoms with Crippen LogP contribution in [0.4, 0.5) is 0 Å². The first kappa shape index (κ1) is 11.1. The number of aromatic nitrogens is 1. The molecular formula is C11H17NO2. The molecule has 0 aliphatic rings. The van der Waals surface area contributed by atoms with Crippen LogP contribution in [0.2, 0.25) is 0 Å². The summed E-state index contributed by atoms with van der Waals surface area (Å²) in [5.74, 6) is 0. The Balaban J connectivity index is 3.15. The Morgan fingerprint density at radius 2 is 1.29 bits per heavy atom. The van der Waals surface area contributed by atoms with Gasteiger partial charge in [0.1, 0.15) is 11.2 Å². The van der Waals surface area contributed by atoms with Gasteiger partial charge in [0.2, 0.25) is 0 Å². The van der Waals surface area contributed by atoms with E-state index in [-0.39, 0.29) is 0 Å². The maximum absolute atomic E-state index is 9.74. The third kappa shape index (κ3) is 2.53. The molecule has 0 spiro atoms. The Hall–Kier alpha value is -0.930. The van der Waals surface area contributed by atoms with Crippen LogP contribution < -0.4 is 0 Å². The van der Waals surface area contributed by atoms with Crippen LogP contribution in [-0.2, 0) is 11.2 Å². The monoisotopic (exact) mass is 195 g/mol. The van der Waals surface area contributed by atoms with Crippen molar-refractivity contribution in [3.8, 4) is 0 Å². The van der Waals surface area contributed by atoms with Gasteiger partial charge in [-0.25, -0.2) is 0 Å². The predicted octanol–water partition coefficient (Wildman–Crippen LogP) is 1.54. The fourth-order valence-electron chi connectivity index (χ4n) is 1.12. The molecule has 0 saturated carbocycles. The van der Waals surface area contributed by atoms with E-state index in [0.717, 1.165) is 0 Å². The second-order valence-electron chi connectivity index (χ2n) is 4.53. The topological polar surface area (TPSA) is 53.4 Å². The molecule has 0 unspecified atom stereocenters. The molecule has 0 radical (unpaired) electrons. The minimum atomic E-state index is -0.971. The van der Waals surface area contributed by atoms with E-state index >= 15 is 0 Å². The van der Waals surface area contributed by atoms with Crippen molar-refractivity contribution in [1.82, 2.24) is 4.98 Å². The van der Waals surface area contributed by atoms with E-state index in [1.165, 1.54) is 0 Å². The highest BCUT2D eigenvalue weighted by Crippen LogP contribution is 2.22. The van der Waals surface area contributed by atoms with Crippen molar-refractivity contribution in [3.05, 3.63) is 29.6 Å². The summed E-state index contributed by atoms with van der Waals surface area (Å²) in [6.45, 7) is 6.68. The van der Waals surface area contributed by atoms with Crippen molar-refractivity contribution < 1.29 is 10.2 Å². The SMILES string of the molecule is CC(C)(O)c1cccc(C(C)(C)O)n1. The number of nitrogens with zero attached hydrogens (tertiary/aromatic N) is 1. The van der Waals surface area contributed by atoms with E-state index in [0.29, 0.717) is 11.4 Å². The quantitative estimate of drug-likeness (QED) is 0.752. The smallest absolute Gasteiger partial charge is 0.101 e. The molecule has 3 nitrogen and oxygen atoms in total. The first-order valence-corrected chi connectivity index (χ1v) is 4.64. The standard InChI is InChI=1S/C11H17NO2/c1-10(2,13)8-6-5-7-9(12-8)11(3,4)14/h5-7,13-14H,1-4H3. The van der Waals surface area contributed by atoms with Crippen LogP contribution in [0.25, 0.3) is 0 Å². The molecule has 1 aromatic heterocycles. The Morgan fingerprint density at radius 1 is 0.929 bits per heavy atom. The fourth-order valence-corrected chi connectivity index (χ4v) is 1.12. The van der Waals surface area contributed by atoms with Crippen molar-refractivity contribution in [3.63, 3.8) is 0 Å². The molecule has 0 amide bonds. The number of hydrogen-bond donors (Lipinski definition) is 2. The maximum atomic E-state index is 9.74.